The fraction of sp³-hybridized carbons (Fsp3) is 0.421. The molecule has 0 radical (unpaired) electrons. The summed E-state index contributed by atoms with van der Waals surface area (Å²) in [5.41, 5.74) is 0.398. The maximum atomic E-state index is 13.0. The van der Waals surface area contributed by atoms with Crippen molar-refractivity contribution in [3.63, 3.8) is 0 Å². The van der Waals surface area contributed by atoms with Gasteiger partial charge in [-0.1, -0.05) is 11.3 Å². The van der Waals surface area contributed by atoms with Crippen LogP contribution < -0.4 is 9.61 Å². The molecule has 9 nitrogen and oxygen atoms in total. The van der Waals surface area contributed by atoms with Gasteiger partial charge >= 0.3 is 16.8 Å². The fourth-order valence-electron chi connectivity index (χ4n) is 6.10. The van der Waals surface area contributed by atoms with Gasteiger partial charge in [0.05, 0.1) is 21.8 Å². The number of rotatable bonds is 2. The molecule has 7 atom stereocenters. The van der Waals surface area contributed by atoms with Crippen LogP contribution in [-0.2, 0) is 9.59 Å². The Hall–Kier alpha value is -2.66. The number of carboxylic acid groups (broad SMARTS) is 1. The summed E-state index contributed by atoms with van der Waals surface area (Å²) < 4.78 is 5.63. The Morgan fingerprint density at radius 3 is 2.83 bits per heavy atom. The van der Waals surface area contributed by atoms with Crippen molar-refractivity contribution in [1.82, 2.24) is 4.98 Å². The summed E-state index contributed by atoms with van der Waals surface area (Å²) in [7, 11) is 0. The van der Waals surface area contributed by atoms with Gasteiger partial charge in [0, 0.05) is 33.7 Å². The molecule has 154 valence electrons. The van der Waals surface area contributed by atoms with E-state index < -0.39 is 28.7 Å². The number of hydrogen-bond donors (Lipinski definition) is 2. The highest BCUT2D eigenvalue weighted by molar-refractivity contribution is 8.00. The second-order valence-corrected chi connectivity index (χ2v) is 10.4. The average molecular weight is 446 g/mol. The number of H-pyrrole nitrogens is 1. The molecule has 30 heavy (non-hydrogen) atoms. The summed E-state index contributed by atoms with van der Waals surface area (Å²) in [6.07, 6.45) is 0.596. The molecule has 2 aliphatic heterocycles. The Morgan fingerprint density at radius 1 is 1.30 bits per heavy atom. The minimum absolute atomic E-state index is 0.0897. The number of thioether (sulfide) groups is 1. The van der Waals surface area contributed by atoms with Crippen molar-refractivity contribution < 1.29 is 24.4 Å². The monoisotopic (exact) mass is 446 g/mol. The number of benzene rings is 1. The van der Waals surface area contributed by atoms with E-state index in [0.29, 0.717) is 17.0 Å². The maximum Gasteiger partial charge on any atom is 0.315 e. The Kier molecular flexibility index (Phi) is 3.59. The summed E-state index contributed by atoms with van der Waals surface area (Å²) in [6.45, 7) is 0. The zero-order chi connectivity index (χ0) is 20.9. The predicted octanol–water partition coefficient (Wildman–Crippen LogP) is 2.45. The second-order valence-electron chi connectivity index (χ2n) is 8.20. The van der Waals surface area contributed by atoms with Gasteiger partial charge in [0.2, 0.25) is 0 Å². The van der Waals surface area contributed by atoms with Gasteiger partial charge in [-0.05, 0) is 30.2 Å². The van der Waals surface area contributed by atoms with Crippen molar-refractivity contribution in [2.45, 2.75) is 22.6 Å². The number of carbonyl (C=O) groups is 2. The topological polar surface area (TPSA) is 140 Å². The van der Waals surface area contributed by atoms with E-state index in [2.05, 4.69) is 4.98 Å². The highest BCUT2D eigenvalue weighted by Gasteiger charge is 2.67. The molecule has 11 heteroatoms. The molecule has 1 aromatic heterocycles. The normalized spacial score (nSPS) is 35.1. The summed E-state index contributed by atoms with van der Waals surface area (Å²) in [4.78, 5) is 51.5. The smallest absolute Gasteiger partial charge is 0.315 e. The first kappa shape index (κ1) is 18.1. The maximum absolute atomic E-state index is 13.0. The first-order valence-electron chi connectivity index (χ1n) is 9.47. The molecule has 0 saturated heterocycles. The minimum Gasteiger partial charge on any atom is -0.481 e. The Bertz CT molecular complexity index is 1200. The van der Waals surface area contributed by atoms with Gasteiger partial charge in [0.25, 0.3) is 5.69 Å². The van der Waals surface area contributed by atoms with Crippen LogP contribution in [0.5, 0.6) is 5.75 Å². The number of carboxylic acids is 1. The van der Waals surface area contributed by atoms with Crippen LogP contribution in [0.25, 0.3) is 0 Å². The van der Waals surface area contributed by atoms with Crippen molar-refractivity contribution in [1.29, 1.82) is 0 Å². The lowest BCUT2D eigenvalue weighted by Gasteiger charge is -2.45. The molecule has 0 unspecified atom stereocenters. The van der Waals surface area contributed by atoms with E-state index in [4.69, 9.17) is 4.74 Å². The molecule has 2 aromatic rings. The zero-order valence-corrected chi connectivity index (χ0v) is 16.8. The van der Waals surface area contributed by atoms with Crippen LogP contribution in [0.4, 0.5) is 5.69 Å². The van der Waals surface area contributed by atoms with Gasteiger partial charge in [0.15, 0.2) is 0 Å². The molecule has 2 aliphatic carbocycles. The summed E-state index contributed by atoms with van der Waals surface area (Å²) in [6, 6.07) is 4.10. The number of thiazole rings is 1. The molecule has 2 fully saturated rings. The number of nitro groups is 1. The number of nitrogens with one attached hydrogen (secondary N) is 1. The SMILES string of the molecule is O=C1Oc2ccc([N+](=O)[O-])cc2[C@@H]2c3sc(=O)[nH]c3S[C@H]3[C@@H]4C[C@@H]([C@@H]1[C@H]4C(=O)O)[C@@H]23. The number of aromatic nitrogens is 1. The van der Waals surface area contributed by atoms with Crippen LogP contribution in [0, 0.1) is 39.7 Å². The molecule has 0 amide bonds. The quantitative estimate of drug-likeness (QED) is 0.310. The van der Waals surface area contributed by atoms with Crippen LogP contribution in [0.3, 0.4) is 0 Å². The Labute approximate surface area is 176 Å². The standard InChI is InChI=1S/C19H14N2O7S2/c22-17(23)12-8-4-7-11-10(15-16(29-14(8)11)20-19(25)30-15)6-3-5(21(26)27)1-2-9(6)28-18(24)13(7)12/h1-3,7-8,10-14H,4H2,(H,20,25)(H,22,23)/t7-,8-,10+,11+,12+,13-,14+/m1/s1. The number of nitro benzene ring substituents is 1. The number of fused-ring (bicyclic) bond motifs is 6. The van der Waals surface area contributed by atoms with Gasteiger partial charge in [-0.2, -0.15) is 0 Å². The van der Waals surface area contributed by atoms with E-state index in [1.165, 1.54) is 30.0 Å². The van der Waals surface area contributed by atoms with E-state index in [1.807, 2.05) is 0 Å². The fourth-order valence-corrected chi connectivity index (χ4v) is 8.98. The van der Waals surface area contributed by atoms with Gasteiger partial charge in [-0.25, -0.2) is 0 Å². The summed E-state index contributed by atoms with van der Waals surface area (Å²) in [5.74, 6) is -3.84. The molecule has 2 N–H and O–H groups in total. The number of aromatic amines is 1. The molecule has 2 saturated carbocycles. The van der Waals surface area contributed by atoms with E-state index >= 15 is 0 Å². The molecule has 0 spiro atoms. The predicted molar refractivity (Wildman–Crippen MR) is 105 cm³/mol. The number of carbonyl (C=O) groups excluding carboxylic acids is 1. The molecule has 2 bridgehead atoms. The molecule has 3 heterocycles. The summed E-state index contributed by atoms with van der Waals surface area (Å²) in [5, 5.41) is 21.9. The third-order valence-corrected chi connectivity index (χ3v) is 9.61. The molecule has 6 rings (SSSR count). The van der Waals surface area contributed by atoms with Gasteiger partial charge < -0.3 is 14.8 Å². The Morgan fingerprint density at radius 2 is 2.10 bits per heavy atom. The number of ether oxygens (including phenoxy) is 1. The van der Waals surface area contributed by atoms with E-state index in [1.54, 1.807) is 0 Å². The Balaban J connectivity index is 1.63. The number of esters is 1. The highest BCUT2D eigenvalue weighted by Crippen LogP contribution is 2.68. The number of nitrogens with zero attached hydrogens (tertiary/aromatic N) is 1. The van der Waals surface area contributed by atoms with Crippen LogP contribution in [0.15, 0.2) is 28.0 Å². The van der Waals surface area contributed by atoms with E-state index in [0.717, 1.165) is 16.2 Å². The van der Waals surface area contributed by atoms with Crippen LogP contribution in [0.1, 0.15) is 22.8 Å². The van der Waals surface area contributed by atoms with E-state index in [-0.39, 0.29) is 45.2 Å². The molecule has 4 aliphatic rings. The second kappa shape index (κ2) is 5.94. The van der Waals surface area contributed by atoms with Crippen molar-refractivity contribution >= 4 is 40.7 Å². The number of hydrogen-bond acceptors (Lipinski definition) is 8. The first-order chi connectivity index (χ1) is 14.3. The van der Waals surface area contributed by atoms with Crippen LogP contribution in [-0.4, -0.2) is 32.2 Å². The van der Waals surface area contributed by atoms with Crippen LogP contribution in [0.2, 0.25) is 0 Å². The van der Waals surface area contributed by atoms with Crippen LogP contribution >= 0.6 is 23.1 Å². The van der Waals surface area contributed by atoms with Gasteiger partial charge in [-0.15, -0.1) is 11.8 Å². The van der Waals surface area contributed by atoms with Crippen molar-refractivity contribution in [2.75, 3.05) is 0 Å². The van der Waals surface area contributed by atoms with Crippen molar-refractivity contribution in [2.24, 2.45) is 29.6 Å². The van der Waals surface area contributed by atoms with Crippen molar-refractivity contribution in [3.05, 3.63) is 48.4 Å². The lowest BCUT2D eigenvalue weighted by Crippen LogP contribution is -2.49. The highest BCUT2D eigenvalue weighted by atomic mass is 32.2. The lowest BCUT2D eigenvalue weighted by molar-refractivity contribution is -0.385. The number of non-ortho nitro benzene ring substituents is 1. The zero-order valence-electron chi connectivity index (χ0n) is 15.1. The van der Waals surface area contributed by atoms with Crippen molar-refractivity contribution in [3.8, 4) is 5.75 Å². The largest absolute Gasteiger partial charge is 0.481 e. The lowest BCUT2D eigenvalue weighted by atomic mass is 9.66. The molecule has 1 aromatic carbocycles. The minimum atomic E-state index is -1.01. The third kappa shape index (κ3) is 2.21. The molecular formula is C19H14N2O7S2. The van der Waals surface area contributed by atoms with Gasteiger partial charge in [0.1, 0.15) is 5.75 Å². The average Bonchev–Trinajstić information content (AvgIpc) is 3.35. The number of aliphatic carboxylic acids is 1. The summed E-state index contributed by atoms with van der Waals surface area (Å²) >= 11 is 2.55. The first-order valence-corrected chi connectivity index (χ1v) is 11.2. The third-order valence-electron chi connectivity index (χ3n) is 7.02. The van der Waals surface area contributed by atoms with E-state index in [9.17, 15) is 29.6 Å². The van der Waals surface area contributed by atoms with Gasteiger partial charge in [-0.3, -0.25) is 24.5 Å². The molecular weight excluding hydrogens is 432 g/mol.